The van der Waals surface area contributed by atoms with Crippen LogP contribution in [0.25, 0.3) is 0 Å². The first kappa shape index (κ1) is 13.9. The van der Waals surface area contributed by atoms with Crippen LogP contribution in [0, 0.1) is 10.1 Å². The summed E-state index contributed by atoms with van der Waals surface area (Å²) in [5, 5.41) is 20.9. The number of hydrogen-bond acceptors (Lipinski definition) is 6. The fourth-order valence-corrected chi connectivity index (χ4v) is 2.35. The minimum atomic E-state index is -1.53. The van der Waals surface area contributed by atoms with E-state index in [0.717, 1.165) is 4.57 Å². The molecule has 0 bridgehead atoms. The molecule has 3 rings (SSSR count). The van der Waals surface area contributed by atoms with Gasteiger partial charge in [0.1, 0.15) is 18.9 Å². The molecule has 2 aromatic rings. The van der Waals surface area contributed by atoms with Crippen LogP contribution in [0.3, 0.4) is 0 Å². The number of imidazole rings is 1. The van der Waals surface area contributed by atoms with Gasteiger partial charge in [-0.15, -0.1) is 0 Å². The van der Waals surface area contributed by atoms with Crippen molar-refractivity contribution in [3.63, 3.8) is 0 Å². The zero-order valence-electron chi connectivity index (χ0n) is 11.1. The zero-order valence-corrected chi connectivity index (χ0v) is 11.1. The third-order valence-electron chi connectivity index (χ3n) is 3.34. The van der Waals surface area contributed by atoms with Crippen LogP contribution in [-0.4, -0.2) is 42.5 Å². The molecule has 1 atom stereocenters. The summed E-state index contributed by atoms with van der Waals surface area (Å²) in [6, 6.07) is 6.20. The van der Waals surface area contributed by atoms with Gasteiger partial charge in [0.05, 0.1) is 11.1 Å². The van der Waals surface area contributed by atoms with Gasteiger partial charge in [0, 0.05) is 0 Å². The normalized spacial score (nSPS) is 15.0. The van der Waals surface area contributed by atoms with Gasteiger partial charge in [-0.3, -0.25) is 9.59 Å². The number of nitro groups is 1. The van der Waals surface area contributed by atoms with Crippen molar-refractivity contribution in [1.82, 2.24) is 14.5 Å². The lowest BCUT2D eigenvalue weighted by molar-refractivity contribution is -0.397. The Balaban J connectivity index is 1.86. The summed E-state index contributed by atoms with van der Waals surface area (Å²) in [6.45, 7) is -0.332. The smallest absolute Gasteiger partial charge is 0.390 e. The van der Waals surface area contributed by atoms with Crippen molar-refractivity contribution < 1.29 is 19.6 Å². The van der Waals surface area contributed by atoms with Gasteiger partial charge < -0.3 is 15.2 Å². The second kappa shape index (κ2) is 5.04. The molecule has 0 spiro atoms. The van der Waals surface area contributed by atoms with E-state index in [2.05, 4.69) is 4.98 Å². The molecular formula is C13H10N4O5. The van der Waals surface area contributed by atoms with E-state index in [0.29, 0.717) is 4.90 Å². The van der Waals surface area contributed by atoms with Crippen molar-refractivity contribution in [3.8, 4) is 0 Å². The fourth-order valence-electron chi connectivity index (χ4n) is 2.35. The highest BCUT2D eigenvalue weighted by atomic mass is 16.6. The minimum Gasteiger partial charge on any atom is -0.390 e. The molecule has 1 unspecified atom stereocenters. The molecule has 22 heavy (non-hydrogen) atoms. The highest BCUT2D eigenvalue weighted by Gasteiger charge is 2.40. The van der Waals surface area contributed by atoms with Gasteiger partial charge in [0.15, 0.2) is 6.23 Å². The second-order valence-electron chi connectivity index (χ2n) is 4.64. The molecule has 112 valence electrons. The summed E-state index contributed by atoms with van der Waals surface area (Å²) in [7, 11) is 0. The molecule has 9 nitrogen and oxygen atoms in total. The number of nitrogens with zero attached hydrogens (tertiary/aromatic N) is 4. The Bertz CT molecular complexity index is 749. The van der Waals surface area contributed by atoms with Crippen molar-refractivity contribution in [3.05, 3.63) is 57.9 Å². The number of hydrogen-bond donors (Lipinski definition) is 1. The van der Waals surface area contributed by atoms with Crippen LogP contribution >= 0.6 is 0 Å². The molecule has 1 N–H and O–H groups in total. The van der Waals surface area contributed by atoms with Gasteiger partial charge in [-0.1, -0.05) is 17.1 Å². The van der Waals surface area contributed by atoms with Crippen LogP contribution in [0.2, 0.25) is 0 Å². The molecule has 0 aliphatic carbocycles. The van der Waals surface area contributed by atoms with E-state index >= 15 is 0 Å². The molecule has 0 saturated carbocycles. The van der Waals surface area contributed by atoms with E-state index < -0.39 is 28.9 Å². The van der Waals surface area contributed by atoms with Gasteiger partial charge in [-0.2, -0.15) is 0 Å². The maximum Gasteiger partial charge on any atom is 0.434 e. The Morgan fingerprint density at radius 1 is 1.23 bits per heavy atom. The average Bonchev–Trinajstić information content (AvgIpc) is 3.04. The van der Waals surface area contributed by atoms with Crippen molar-refractivity contribution in [2.24, 2.45) is 0 Å². The number of benzene rings is 1. The minimum absolute atomic E-state index is 0.201. The molecule has 2 amide bonds. The number of amides is 2. The summed E-state index contributed by atoms with van der Waals surface area (Å²) < 4.78 is 1.06. The van der Waals surface area contributed by atoms with Crippen LogP contribution in [-0.2, 0) is 6.54 Å². The van der Waals surface area contributed by atoms with Crippen molar-refractivity contribution in [2.45, 2.75) is 12.8 Å². The molecule has 1 aliphatic rings. The summed E-state index contributed by atoms with van der Waals surface area (Å²) >= 11 is 0. The number of rotatable bonds is 4. The maximum atomic E-state index is 12.2. The van der Waals surface area contributed by atoms with Crippen LogP contribution in [0.4, 0.5) is 5.95 Å². The highest BCUT2D eigenvalue weighted by Crippen LogP contribution is 2.24. The van der Waals surface area contributed by atoms with E-state index in [9.17, 15) is 24.8 Å². The van der Waals surface area contributed by atoms with Crippen molar-refractivity contribution >= 4 is 17.8 Å². The SMILES string of the molecule is O=C1c2ccccc2C(=O)N1C(O)Cn1ccnc1[N+](=O)[O-]. The van der Waals surface area contributed by atoms with E-state index in [-0.39, 0.29) is 17.7 Å². The average molecular weight is 302 g/mol. The molecule has 1 aromatic carbocycles. The summed E-state index contributed by atoms with van der Waals surface area (Å²) in [5.74, 6) is -1.73. The number of aliphatic hydroxyl groups excluding tert-OH is 1. The Morgan fingerprint density at radius 3 is 2.36 bits per heavy atom. The largest absolute Gasteiger partial charge is 0.434 e. The van der Waals surface area contributed by atoms with E-state index in [1.807, 2.05) is 0 Å². The topological polar surface area (TPSA) is 119 Å². The Kier molecular flexibility index (Phi) is 3.18. The van der Waals surface area contributed by atoms with E-state index in [1.165, 1.54) is 24.5 Å². The zero-order chi connectivity index (χ0) is 15.9. The molecule has 9 heteroatoms. The molecule has 0 radical (unpaired) electrons. The Hall–Kier alpha value is -3.07. The molecule has 1 aliphatic heterocycles. The van der Waals surface area contributed by atoms with Gasteiger partial charge in [-0.25, -0.2) is 9.47 Å². The maximum absolute atomic E-state index is 12.2. The van der Waals surface area contributed by atoms with Crippen LogP contribution < -0.4 is 0 Å². The van der Waals surface area contributed by atoms with Crippen LogP contribution in [0.5, 0.6) is 0 Å². The molecule has 0 fully saturated rings. The first-order chi connectivity index (χ1) is 10.5. The lowest BCUT2D eigenvalue weighted by Gasteiger charge is -2.20. The molecule has 1 aromatic heterocycles. The van der Waals surface area contributed by atoms with Crippen molar-refractivity contribution in [1.29, 1.82) is 0 Å². The van der Waals surface area contributed by atoms with E-state index in [4.69, 9.17) is 0 Å². The predicted octanol–water partition coefficient (Wildman–Crippen LogP) is 0.406. The quantitative estimate of drug-likeness (QED) is 0.496. The van der Waals surface area contributed by atoms with Gasteiger partial charge in [0.2, 0.25) is 0 Å². The first-order valence-electron chi connectivity index (χ1n) is 6.31. The molecular weight excluding hydrogens is 292 g/mol. The molecule has 0 saturated heterocycles. The van der Waals surface area contributed by atoms with E-state index in [1.54, 1.807) is 12.1 Å². The van der Waals surface area contributed by atoms with Gasteiger partial charge in [0.25, 0.3) is 11.8 Å². The van der Waals surface area contributed by atoms with Crippen LogP contribution in [0.15, 0.2) is 36.7 Å². The third-order valence-corrected chi connectivity index (χ3v) is 3.34. The summed E-state index contributed by atoms with van der Waals surface area (Å²) in [6.07, 6.45) is 0.965. The number of carbonyl (C=O) groups excluding carboxylic acids is 2. The summed E-state index contributed by atoms with van der Waals surface area (Å²) in [5.41, 5.74) is 0.401. The molecule has 2 heterocycles. The highest BCUT2D eigenvalue weighted by molar-refractivity contribution is 6.21. The number of imide groups is 1. The number of carbonyl (C=O) groups is 2. The Labute approximate surface area is 123 Å². The first-order valence-corrected chi connectivity index (χ1v) is 6.31. The number of fused-ring (bicyclic) bond motifs is 1. The lowest BCUT2D eigenvalue weighted by atomic mass is 10.1. The number of aliphatic hydroxyl groups is 1. The Morgan fingerprint density at radius 2 is 1.82 bits per heavy atom. The van der Waals surface area contributed by atoms with Crippen molar-refractivity contribution in [2.75, 3.05) is 0 Å². The second-order valence-corrected chi connectivity index (χ2v) is 4.64. The fraction of sp³-hybridized carbons (Fsp3) is 0.154. The standard InChI is InChI=1S/C13H10N4O5/c18-10(7-15-6-5-14-13(15)17(21)22)16-11(19)8-3-1-2-4-9(8)12(16)20/h1-6,10,18H,7H2. The summed E-state index contributed by atoms with van der Waals surface area (Å²) in [4.78, 5) is 38.7. The van der Waals surface area contributed by atoms with Gasteiger partial charge >= 0.3 is 5.95 Å². The predicted molar refractivity (Wildman–Crippen MR) is 71.8 cm³/mol. The number of aromatic nitrogens is 2. The lowest BCUT2D eigenvalue weighted by Crippen LogP contribution is -2.42. The monoisotopic (exact) mass is 302 g/mol. The van der Waals surface area contributed by atoms with Gasteiger partial charge in [-0.05, 0) is 17.1 Å². The third kappa shape index (κ3) is 2.04. The van der Waals surface area contributed by atoms with Crippen LogP contribution in [0.1, 0.15) is 20.7 Å².